The first-order chi connectivity index (χ1) is 2.00. The van der Waals surface area contributed by atoms with Crippen molar-refractivity contribution in [2.45, 2.75) is 0 Å². The van der Waals surface area contributed by atoms with Crippen LogP contribution in [-0.4, -0.2) is 20.9 Å². The van der Waals surface area contributed by atoms with Crippen LogP contribution in [0.4, 0.5) is 0 Å². The zero-order valence-electron chi connectivity index (χ0n) is 2.27. The summed E-state index contributed by atoms with van der Waals surface area (Å²) in [7, 11) is 0. The predicted octanol–water partition coefficient (Wildman–Crippen LogP) is -0.473. The molecule has 0 atom stereocenters. The molecule has 0 N–H and O–H groups in total. The van der Waals surface area contributed by atoms with Gasteiger partial charge in [-0.1, -0.05) is 0 Å². The Morgan fingerprint density at radius 3 is 2.00 bits per heavy atom. The fraction of sp³-hybridized carbons (Fsp3) is 0. The van der Waals surface area contributed by atoms with Crippen molar-refractivity contribution < 1.29 is 0 Å². The van der Waals surface area contributed by atoms with Crippen molar-refractivity contribution in [1.29, 1.82) is 0 Å². The van der Waals surface area contributed by atoms with E-state index in [0.717, 1.165) is 14.8 Å². The molecule has 4 heavy (non-hydrogen) atoms. The second kappa shape index (κ2) is 0.960. The third-order valence-corrected chi connectivity index (χ3v) is 2.00. The second-order valence-corrected chi connectivity index (χ2v) is 2.67. The van der Waals surface area contributed by atoms with Gasteiger partial charge in [-0.15, -0.1) is 0 Å². The Morgan fingerprint density at radius 1 is 1.75 bits per heavy atom. The molecule has 0 saturated carbocycles. The molecule has 20 valence electrons. The van der Waals surface area contributed by atoms with Gasteiger partial charge in [-0.05, 0) is 0 Å². The van der Waals surface area contributed by atoms with Crippen molar-refractivity contribution in [3.8, 4) is 0 Å². The van der Waals surface area contributed by atoms with Gasteiger partial charge in [0.05, 0.1) is 0 Å². The summed E-state index contributed by atoms with van der Waals surface area (Å²) in [6, 6.07) is 0. The Kier molecular flexibility index (Phi) is 0.614. The van der Waals surface area contributed by atoms with Crippen LogP contribution in [0.5, 0.6) is 0 Å². The third-order valence-electron chi connectivity index (χ3n) is 0.385. The molecular weight excluding hydrogens is 114 g/mol. The van der Waals surface area contributed by atoms with E-state index in [1.54, 1.807) is 0 Å². The average molecular weight is 117 g/mol. The van der Waals surface area contributed by atoms with E-state index in [2.05, 4.69) is 10.9 Å². The van der Waals surface area contributed by atoms with Crippen molar-refractivity contribution in [1.82, 2.24) is 0 Å². The molecule has 0 aromatic carbocycles. The quantitative estimate of drug-likeness (QED) is 0.376. The van der Waals surface area contributed by atoms with Crippen LogP contribution >= 0.6 is 0 Å². The summed E-state index contributed by atoms with van der Waals surface area (Å²) in [5.41, 5.74) is 0. The molecule has 2 heteroatoms. The minimum absolute atomic E-state index is 0.917. The Labute approximate surface area is 32.5 Å². The standard InChI is InChI=1S/C2H3BSe/c1-2-4-3-1/h1-3H. The van der Waals surface area contributed by atoms with E-state index in [9.17, 15) is 0 Å². The molecule has 0 spiro atoms. The molecule has 0 unspecified atom stereocenters. The predicted molar refractivity (Wildman–Crippen MR) is 22.0 cm³/mol. The summed E-state index contributed by atoms with van der Waals surface area (Å²) in [5, 5.41) is 0. The average Bonchev–Trinajstić information content (AvgIpc) is 0.722. The van der Waals surface area contributed by atoms with Crippen molar-refractivity contribution >= 4 is 20.9 Å². The Bertz CT molecular complexity index is 35.3. The van der Waals surface area contributed by atoms with E-state index < -0.39 is 0 Å². The first-order valence-corrected chi connectivity index (χ1v) is 3.47. The van der Waals surface area contributed by atoms with Crippen molar-refractivity contribution in [3.05, 3.63) is 10.9 Å². The molecule has 0 amide bonds. The molecule has 0 nitrogen and oxygen atoms in total. The van der Waals surface area contributed by atoms with Gasteiger partial charge in [-0.3, -0.25) is 0 Å². The summed E-state index contributed by atoms with van der Waals surface area (Å²) >= 11 is 0.917. The van der Waals surface area contributed by atoms with Crippen LogP contribution < -0.4 is 0 Å². The SMILES string of the molecule is B1C=C[Se]1. The molecule has 0 aromatic rings. The minimum atomic E-state index is 0.917. The van der Waals surface area contributed by atoms with Gasteiger partial charge >= 0.3 is 31.8 Å². The Balaban J connectivity index is 2.47. The normalized spacial score (nSPS) is 18.0. The van der Waals surface area contributed by atoms with Crippen LogP contribution in [0.3, 0.4) is 0 Å². The van der Waals surface area contributed by atoms with Gasteiger partial charge in [-0.2, -0.15) is 0 Å². The maximum absolute atomic E-state index is 2.24. The fourth-order valence-electron chi connectivity index (χ4n) is 0.0962. The summed E-state index contributed by atoms with van der Waals surface area (Å²) < 4.78 is 0. The number of rotatable bonds is 0. The van der Waals surface area contributed by atoms with E-state index in [1.807, 2.05) is 0 Å². The number of hydrogen-bond acceptors (Lipinski definition) is 0. The van der Waals surface area contributed by atoms with Crippen LogP contribution in [0.15, 0.2) is 10.9 Å². The third kappa shape index (κ3) is 0.218. The van der Waals surface area contributed by atoms with Gasteiger partial charge in [0, 0.05) is 0 Å². The molecule has 0 saturated heterocycles. The monoisotopic (exact) mass is 118 g/mol. The molecule has 1 aliphatic rings. The Morgan fingerprint density at radius 2 is 2.00 bits per heavy atom. The van der Waals surface area contributed by atoms with Gasteiger partial charge in [0.1, 0.15) is 0 Å². The maximum atomic E-state index is 2.24. The molecule has 0 aliphatic carbocycles. The van der Waals surface area contributed by atoms with Gasteiger partial charge < -0.3 is 0 Å². The summed E-state index contributed by atoms with van der Waals surface area (Å²) in [6.07, 6.45) is 1.38. The molecule has 0 bridgehead atoms. The van der Waals surface area contributed by atoms with Gasteiger partial charge in [-0.25, -0.2) is 0 Å². The zero-order valence-corrected chi connectivity index (χ0v) is 3.98. The van der Waals surface area contributed by atoms with E-state index >= 15 is 0 Å². The molecule has 0 fully saturated rings. The first kappa shape index (κ1) is 2.56. The molecule has 0 radical (unpaired) electrons. The van der Waals surface area contributed by atoms with Crippen LogP contribution in [0.2, 0.25) is 0 Å². The van der Waals surface area contributed by atoms with Crippen molar-refractivity contribution in [2.75, 3.05) is 0 Å². The van der Waals surface area contributed by atoms with Crippen LogP contribution in [0.25, 0.3) is 0 Å². The van der Waals surface area contributed by atoms with E-state index in [-0.39, 0.29) is 0 Å². The van der Waals surface area contributed by atoms with E-state index in [1.165, 1.54) is 6.09 Å². The fourth-order valence-corrected chi connectivity index (χ4v) is 0.500. The summed E-state index contributed by atoms with van der Waals surface area (Å²) in [5.74, 6) is 2.21. The molecule has 1 heterocycles. The van der Waals surface area contributed by atoms with Crippen LogP contribution in [0, 0.1) is 0 Å². The summed E-state index contributed by atoms with van der Waals surface area (Å²) in [6.45, 7) is 0. The second-order valence-electron chi connectivity index (χ2n) is 0.705. The van der Waals surface area contributed by atoms with Gasteiger partial charge in [0.15, 0.2) is 0 Å². The van der Waals surface area contributed by atoms with Crippen LogP contribution in [-0.2, 0) is 0 Å². The first-order valence-electron chi connectivity index (χ1n) is 1.27. The molecule has 1 aliphatic heterocycles. The van der Waals surface area contributed by atoms with Crippen molar-refractivity contribution in [3.63, 3.8) is 0 Å². The Hall–Kier alpha value is 0.324. The molecular formula is C2H3BSe. The van der Waals surface area contributed by atoms with E-state index in [0.29, 0.717) is 0 Å². The van der Waals surface area contributed by atoms with Crippen LogP contribution in [0.1, 0.15) is 0 Å². The van der Waals surface area contributed by atoms with Gasteiger partial charge in [0.25, 0.3) is 0 Å². The summed E-state index contributed by atoms with van der Waals surface area (Å²) in [4.78, 5) is 2.24. The molecule has 1 rings (SSSR count). The zero-order chi connectivity index (χ0) is 2.83. The molecule has 0 aromatic heterocycles. The number of hydrogen-bond donors (Lipinski definition) is 0. The van der Waals surface area contributed by atoms with Gasteiger partial charge in [0.2, 0.25) is 0 Å². The topological polar surface area (TPSA) is 0 Å². The van der Waals surface area contributed by atoms with E-state index in [4.69, 9.17) is 0 Å². The van der Waals surface area contributed by atoms with Crippen molar-refractivity contribution in [2.24, 2.45) is 0 Å².